The van der Waals surface area contributed by atoms with Gasteiger partial charge in [-0.15, -0.1) is 11.8 Å². The van der Waals surface area contributed by atoms with Crippen LogP contribution >= 0.6 is 11.8 Å². The predicted octanol–water partition coefficient (Wildman–Crippen LogP) is 2.82. The minimum Gasteiger partial charge on any atom is -0.382 e. The van der Waals surface area contributed by atoms with Crippen molar-refractivity contribution in [2.45, 2.75) is 31.2 Å². The summed E-state index contributed by atoms with van der Waals surface area (Å²) in [5.41, 5.74) is 7.47. The monoisotopic (exact) mass is 249 g/mol. The van der Waals surface area contributed by atoms with Crippen molar-refractivity contribution < 1.29 is 0 Å². The van der Waals surface area contributed by atoms with Crippen LogP contribution in [-0.2, 0) is 0 Å². The third-order valence-electron chi connectivity index (χ3n) is 2.52. The number of rotatable bonds is 6. The quantitative estimate of drug-likeness (QED) is 0.761. The molecule has 0 saturated carbocycles. The van der Waals surface area contributed by atoms with Crippen LogP contribution in [0.5, 0.6) is 0 Å². The molecule has 0 spiro atoms. The maximum atomic E-state index is 9.21. The summed E-state index contributed by atoms with van der Waals surface area (Å²) in [5.74, 6) is 0.965. The van der Waals surface area contributed by atoms with Gasteiger partial charge in [-0.1, -0.05) is 19.9 Å². The van der Waals surface area contributed by atoms with E-state index in [1.807, 2.05) is 18.2 Å². The summed E-state index contributed by atoms with van der Waals surface area (Å²) < 4.78 is 0. The number of hydrogen-bond donors (Lipinski definition) is 2. The van der Waals surface area contributed by atoms with Crippen LogP contribution in [0.3, 0.4) is 0 Å². The Morgan fingerprint density at radius 3 is 2.82 bits per heavy atom. The largest absolute Gasteiger partial charge is 0.382 e. The zero-order chi connectivity index (χ0) is 12.7. The molecule has 3 nitrogen and oxygen atoms in total. The van der Waals surface area contributed by atoms with Crippen molar-refractivity contribution in [3.8, 4) is 6.07 Å². The first-order chi connectivity index (χ1) is 8.22. The summed E-state index contributed by atoms with van der Waals surface area (Å²) in [7, 11) is 0. The Morgan fingerprint density at radius 2 is 2.24 bits per heavy atom. The first-order valence-electron chi connectivity index (χ1n) is 5.88. The minimum absolute atomic E-state index is 0.129. The first-order valence-corrected chi connectivity index (χ1v) is 6.86. The summed E-state index contributed by atoms with van der Waals surface area (Å²) in [6.45, 7) is 4.84. The highest BCUT2D eigenvalue weighted by molar-refractivity contribution is 7.99. The predicted molar refractivity (Wildman–Crippen MR) is 74.3 cm³/mol. The number of thioether (sulfide) groups is 1. The molecule has 0 aliphatic carbocycles. The van der Waals surface area contributed by atoms with E-state index in [0.29, 0.717) is 6.54 Å². The number of nitrogens with zero attached hydrogens (tertiary/aromatic N) is 1. The van der Waals surface area contributed by atoms with Crippen molar-refractivity contribution >= 4 is 17.4 Å². The molecule has 1 unspecified atom stereocenters. The van der Waals surface area contributed by atoms with Gasteiger partial charge in [0.25, 0.3) is 0 Å². The number of benzene rings is 1. The molecule has 0 aliphatic heterocycles. The lowest BCUT2D eigenvalue weighted by molar-refractivity contribution is 0.679. The Balaban J connectivity index is 2.84. The van der Waals surface area contributed by atoms with E-state index in [0.717, 1.165) is 28.3 Å². The highest BCUT2D eigenvalue weighted by Gasteiger charge is 2.08. The molecule has 0 radical (unpaired) electrons. The molecule has 0 aromatic heterocycles. The highest BCUT2D eigenvalue weighted by Crippen LogP contribution is 2.27. The van der Waals surface area contributed by atoms with Gasteiger partial charge in [0.05, 0.1) is 11.3 Å². The van der Waals surface area contributed by atoms with Crippen molar-refractivity contribution in [2.75, 3.05) is 17.6 Å². The molecule has 92 valence electrons. The standard InChI is InChI=1S/C13H19N3S/c1-3-10(15)9-16-12-6-5-7-13(17-4-2)11(12)8-14/h5-7,10,16H,3-4,9,15H2,1-2H3. The molecule has 4 heteroatoms. The van der Waals surface area contributed by atoms with Gasteiger partial charge in [-0.25, -0.2) is 0 Å². The molecule has 17 heavy (non-hydrogen) atoms. The van der Waals surface area contributed by atoms with Gasteiger partial charge in [0, 0.05) is 17.5 Å². The van der Waals surface area contributed by atoms with Gasteiger partial charge in [0.2, 0.25) is 0 Å². The van der Waals surface area contributed by atoms with Crippen LogP contribution in [0.4, 0.5) is 5.69 Å². The molecule has 1 rings (SSSR count). The van der Waals surface area contributed by atoms with Crippen LogP contribution in [0.25, 0.3) is 0 Å². The van der Waals surface area contributed by atoms with Crippen LogP contribution in [0.2, 0.25) is 0 Å². The van der Waals surface area contributed by atoms with Crippen LogP contribution < -0.4 is 11.1 Å². The van der Waals surface area contributed by atoms with E-state index in [1.165, 1.54) is 0 Å². The molecule has 1 atom stereocenters. The lowest BCUT2D eigenvalue weighted by Crippen LogP contribution is -2.28. The summed E-state index contributed by atoms with van der Waals surface area (Å²) in [5, 5.41) is 12.5. The fourth-order valence-corrected chi connectivity index (χ4v) is 2.24. The number of nitriles is 1. The van der Waals surface area contributed by atoms with Crippen molar-refractivity contribution in [2.24, 2.45) is 5.73 Å². The Kier molecular flexibility index (Phi) is 5.88. The van der Waals surface area contributed by atoms with Gasteiger partial charge in [-0.3, -0.25) is 0 Å². The van der Waals surface area contributed by atoms with E-state index in [2.05, 4.69) is 25.2 Å². The van der Waals surface area contributed by atoms with E-state index in [-0.39, 0.29) is 6.04 Å². The average Bonchev–Trinajstić information content (AvgIpc) is 2.36. The topological polar surface area (TPSA) is 61.8 Å². The second-order valence-corrected chi connectivity index (χ2v) is 5.08. The molecule has 1 aromatic rings. The normalized spacial score (nSPS) is 11.9. The van der Waals surface area contributed by atoms with Gasteiger partial charge in [-0.2, -0.15) is 5.26 Å². The third kappa shape index (κ3) is 3.95. The van der Waals surface area contributed by atoms with Gasteiger partial charge in [-0.05, 0) is 24.3 Å². The second-order valence-electron chi connectivity index (χ2n) is 3.77. The Bertz CT molecular complexity index is 398. The molecule has 0 saturated heterocycles. The minimum atomic E-state index is 0.129. The smallest absolute Gasteiger partial charge is 0.102 e. The SMILES string of the molecule is CCSc1cccc(NCC(N)CC)c1C#N. The van der Waals surface area contributed by atoms with Gasteiger partial charge < -0.3 is 11.1 Å². The number of anilines is 1. The average molecular weight is 249 g/mol. The van der Waals surface area contributed by atoms with Gasteiger partial charge in [0.1, 0.15) is 6.07 Å². The van der Waals surface area contributed by atoms with Gasteiger partial charge in [0.15, 0.2) is 0 Å². The highest BCUT2D eigenvalue weighted by atomic mass is 32.2. The summed E-state index contributed by atoms with van der Waals surface area (Å²) >= 11 is 1.69. The zero-order valence-corrected chi connectivity index (χ0v) is 11.2. The molecule has 0 bridgehead atoms. The molecular formula is C13H19N3S. The van der Waals surface area contributed by atoms with E-state index in [1.54, 1.807) is 11.8 Å². The Labute approximate surface area is 107 Å². The molecule has 0 aliphatic rings. The molecule has 0 amide bonds. The number of nitrogens with two attached hydrogens (primary N) is 1. The fraction of sp³-hybridized carbons (Fsp3) is 0.462. The summed E-state index contributed by atoms with van der Waals surface area (Å²) in [6, 6.07) is 8.28. The molecule has 3 N–H and O–H groups in total. The van der Waals surface area contributed by atoms with Crippen molar-refractivity contribution in [1.29, 1.82) is 5.26 Å². The second kappa shape index (κ2) is 7.21. The molecular weight excluding hydrogens is 230 g/mol. The first kappa shape index (κ1) is 13.9. The zero-order valence-electron chi connectivity index (χ0n) is 10.4. The van der Waals surface area contributed by atoms with E-state index >= 15 is 0 Å². The van der Waals surface area contributed by atoms with E-state index in [9.17, 15) is 5.26 Å². The number of nitrogens with one attached hydrogen (secondary N) is 1. The lowest BCUT2D eigenvalue weighted by atomic mass is 10.1. The van der Waals surface area contributed by atoms with Crippen LogP contribution in [0.1, 0.15) is 25.8 Å². The summed E-state index contributed by atoms with van der Waals surface area (Å²) in [4.78, 5) is 1.03. The Hall–Kier alpha value is -1.18. The van der Waals surface area contributed by atoms with Crippen LogP contribution in [0, 0.1) is 11.3 Å². The number of hydrogen-bond acceptors (Lipinski definition) is 4. The fourth-order valence-electron chi connectivity index (χ4n) is 1.45. The van der Waals surface area contributed by atoms with Crippen molar-refractivity contribution in [3.63, 3.8) is 0 Å². The third-order valence-corrected chi connectivity index (χ3v) is 3.46. The Morgan fingerprint density at radius 1 is 1.47 bits per heavy atom. The maximum absolute atomic E-state index is 9.21. The van der Waals surface area contributed by atoms with Crippen LogP contribution in [0.15, 0.2) is 23.1 Å². The van der Waals surface area contributed by atoms with Crippen molar-refractivity contribution in [3.05, 3.63) is 23.8 Å². The van der Waals surface area contributed by atoms with Crippen molar-refractivity contribution in [1.82, 2.24) is 0 Å². The molecule has 0 fully saturated rings. The lowest BCUT2D eigenvalue weighted by Gasteiger charge is -2.14. The molecule has 0 heterocycles. The van der Waals surface area contributed by atoms with Crippen LogP contribution in [-0.4, -0.2) is 18.3 Å². The summed E-state index contributed by atoms with van der Waals surface area (Å²) in [6.07, 6.45) is 0.929. The van der Waals surface area contributed by atoms with E-state index in [4.69, 9.17) is 5.73 Å². The maximum Gasteiger partial charge on any atom is 0.102 e. The van der Waals surface area contributed by atoms with E-state index < -0.39 is 0 Å². The van der Waals surface area contributed by atoms with Gasteiger partial charge >= 0.3 is 0 Å². The molecule has 1 aromatic carbocycles.